The maximum absolute atomic E-state index is 10.8. The van der Waals surface area contributed by atoms with Crippen molar-refractivity contribution >= 4 is 11.8 Å². The Morgan fingerprint density at radius 1 is 1.17 bits per heavy atom. The van der Waals surface area contributed by atoms with Crippen LogP contribution in [0.15, 0.2) is 48.5 Å². The molecule has 2 aromatic rings. The monoisotopic (exact) mass is 319 g/mol. The van der Waals surface area contributed by atoms with Gasteiger partial charge in [-0.2, -0.15) is 0 Å². The molecule has 0 radical (unpaired) electrons. The van der Waals surface area contributed by atoms with Gasteiger partial charge in [-0.3, -0.25) is 10.1 Å². The number of hydrogen-bond donors (Lipinski definition) is 2. The van der Waals surface area contributed by atoms with Gasteiger partial charge in [-0.25, -0.2) is 4.79 Å². The molecule has 0 unspecified atom stereocenters. The number of nitro benzene ring substituents is 1. The molecule has 0 spiro atoms. The van der Waals surface area contributed by atoms with Crippen molar-refractivity contribution in [2.24, 2.45) is 0 Å². The number of nitro groups is 1. The van der Waals surface area contributed by atoms with Crippen molar-refractivity contribution in [3.05, 3.63) is 69.8 Å². The number of hydrogen-bond acceptors (Lipinski definition) is 4. The van der Waals surface area contributed by atoms with E-state index >= 15 is 0 Å². The number of carboxylic acid groups (broad SMARTS) is 2. The first kappa shape index (κ1) is 18.0. The molecule has 7 heteroatoms. The van der Waals surface area contributed by atoms with Gasteiger partial charge >= 0.3 is 6.16 Å². The first-order valence-corrected chi connectivity index (χ1v) is 6.80. The molecule has 2 aromatic carbocycles. The van der Waals surface area contributed by atoms with Crippen molar-refractivity contribution in [3.8, 4) is 5.75 Å². The largest absolute Gasteiger partial charge is 0.503 e. The molecule has 0 heterocycles. The first-order chi connectivity index (χ1) is 10.9. The number of nitrogens with zero attached hydrogens (tertiary/aromatic N) is 1. The summed E-state index contributed by atoms with van der Waals surface area (Å²) >= 11 is 0. The van der Waals surface area contributed by atoms with E-state index in [0.717, 1.165) is 17.5 Å². The molecule has 0 aliphatic rings. The molecule has 0 atom stereocenters. The first-order valence-electron chi connectivity index (χ1n) is 6.80. The SMILES string of the molecule is CCc1ccc([N+](=O)[O-])cc1OCc1ccccc1.O=C(O)O. The fourth-order valence-corrected chi connectivity index (χ4v) is 1.82. The summed E-state index contributed by atoms with van der Waals surface area (Å²) in [7, 11) is 0. The summed E-state index contributed by atoms with van der Waals surface area (Å²) in [5.41, 5.74) is 2.07. The predicted octanol–water partition coefficient (Wildman–Crippen LogP) is 3.96. The van der Waals surface area contributed by atoms with Crippen molar-refractivity contribution in [3.63, 3.8) is 0 Å². The highest BCUT2D eigenvalue weighted by Gasteiger charge is 2.11. The molecule has 0 fully saturated rings. The van der Waals surface area contributed by atoms with Gasteiger partial charge in [0.1, 0.15) is 12.4 Å². The zero-order valence-electron chi connectivity index (χ0n) is 12.5. The maximum atomic E-state index is 10.8. The van der Waals surface area contributed by atoms with Gasteiger partial charge in [0.15, 0.2) is 0 Å². The van der Waals surface area contributed by atoms with Gasteiger partial charge in [-0.1, -0.05) is 37.3 Å². The van der Waals surface area contributed by atoms with Gasteiger partial charge in [-0.05, 0) is 23.6 Å². The van der Waals surface area contributed by atoms with Crippen LogP contribution in [0.3, 0.4) is 0 Å². The van der Waals surface area contributed by atoms with Crippen molar-refractivity contribution in [1.82, 2.24) is 0 Å². The van der Waals surface area contributed by atoms with Crippen LogP contribution in [-0.2, 0) is 13.0 Å². The third-order valence-electron chi connectivity index (χ3n) is 2.88. The molecule has 0 bridgehead atoms. The fourth-order valence-electron chi connectivity index (χ4n) is 1.82. The Kier molecular flexibility index (Phi) is 7.06. The van der Waals surface area contributed by atoms with Gasteiger partial charge in [0.2, 0.25) is 0 Å². The Morgan fingerprint density at radius 3 is 2.30 bits per heavy atom. The lowest BCUT2D eigenvalue weighted by Crippen LogP contribution is -1.99. The number of ether oxygens (including phenoxy) is 1. The Morgan fingerprint density at radius 2 is 1.78 bits per heavy atom. The summed E-state index contributed by atoms with van der Waals surface area (Å²) in [5.74, 6) is 0.584. The van der Waals surface area contributed by atoms with Crippen LogP contribution in [0.1, 0.15) is 18.1 Å². The smallest absolute Gasteiger partial charge is 0.488 e. The average Bonchev–Trinajstić information content (AvgIpc) is 2.53. The molecule has 7 nitrogen and oxygen atoms in total. The van der Waals surface area contributed by atoms with Crippen LogP contribution in [0.2, 0.25) is 0 Å². The highest BCUT2D eigenvalue weighted by Crippen LogP contribution is 2.26. The molecule has 2 N–H and O–H groups in total. The van der Waals surface area contributed by atoms with Gasteiger partial charge in [-0.15, -0.1) is 0 Å². The summed E-state index contributed by atoms with van der Waals surface area (Å²) in [5, 5.41) is 24.7. The van der Waals surface area contributed by atoms with E-state index in [0.29, 0.717) is 12.4 Å². The van der Waals surface area contributed by atoms with E-state index < -0.39 is 11.1 Å². The van der Waals surface area contributed by atoms with Crippen molar-refractivity contribution in [1.29, 1.82) is 0 Å². The number of benzene rings is 2. The Labute approximate surface area is 132 Å². The van der Waals surface area contributed by atoms with E-state index in [1.54, 1.807) is 6.07 Å². The normalized spacial score (nSPS) is 9.43. The molecule has 0 aliphatic heterocycles. The summed E-state index contributed by atoms with van der Waals surface area (Å²) < 4.78 is 5.70. The van der Waals surface area contributed by atoms with Gasteiger partial charge < -0.3 is 14.9 Å². The standard InChI is InChI=1S/C15H15NO3.CH2O3/c1-2-13-8-9-14(16(17)18)10-15(13)19-11-12-6-4-3-5-7-12;2-1(3)4/h3-10H,2,11H2,1H3;(H2,2,3,4). The molecule has 23 heavy (non-hydrogen) atoms. The molecule has 0 aliphatic carbocycles. The molecule has 0 saturated carbocycles. The minimum atomic E-state index is -1.83. The van der Waals surface area contributed by atoms with Crippen molar-refractivity contribution < 1.29 is 24.7 Å². The molecular weight excluding hydrogens is 302 g/mol. The van der Waals surface area contributed by atoms with E-state index in [1.165, 1.54) is 12.1 Å². The van der Waals surface area contributed by atoms with Crippen molar-refractivity contribution in [2.45, 2.75) is 20.0 Å². The molecular formula is C16H17NO6. The van der Waals surface area contributed by atoms with E-state index in [-0.39, 0.29) is 5.69 Å². The minimum absolute atomic E-state index is 0.0558. The number of carbonyl (C=O) groups is 1. The van der Waals surface area contributed by atoms with Crippen LogP contribution >= 0.6 is 0 Å². The highest BCUT2D eigenvalue weighted by molar-refractivity contribution is 5.53. The van der Waals surface area contributed by atoms with E-state index in [2.05, 4.69) is 0 Å². The summed E-state index contributed by atoms with van der Waals surface area (Å²) in [6.07, 6.45) is -1.05. The quantitative estimate of drug-likeness (QED) is 0.637. The lowest BCUT2D eigenvalue weighted by Gasteiger charge is -2.10. The molecule has 0 aromatic heterocycles. The third kappa shape index (κ3) is 6.47. The molecule has 0 amide bonds. The fraction of sp³-hybridized carbons (Fsp3) is 0.188. The zero-order valence-corrected chi connectivity index (χ0v) is 12.5. The maximum Gasteiger partial charge on any atom is 0.503 e. The van der Waals surface area contributed by atoms with Crippen LogP contribution in [0.4, 0.5) is 10.5 Å². The lowest BCUT2D eigenvalue weighted by atomic mass is 10.1. The number of rotatable bonds is 5. The van der Waals surface area contributed by atoms with Gasteiger partial charge in [0, 0.05) is 6.07 Å². The van der Waals surface area contributed by atoms with E-state index in [1.807, 2.05) is 37.3 Å². The predicted molar refractivity (Wildman–Crippen MR) is 83.9 cm³/mol. The lowest BCUT2D eigenvalue weighted by molar-refractivity contribution is -0.385. The number of aryl methyl sites for hydroxylation is 1. The second-order valence-electron chi connectivity index (χ2n) is 4.46. The topological polar surface area (TPSA) is 110 Å². The Balaban J connectivity index is 0.000000593. The minimum Gasteiger partial charge on any atom is -0.488 e. The van der Waals surface area contributed by atoms with Crippen LogP contribution in [-0.4, -0.2) is 21.3 Å². The molecule has 2 rings (SSSR count). The van der Waals surface area contributed by atoms with Crippen LogP contribution in [0.5, 0.6) is 5.75 Å². The second kappa shape index (κ2) is 9.04. The van der Waals surface area contributed by atoms with Crippen LogP contribution in [0.25, 0.3) is 0 Å². The Hall–Kier alpha value is -3.09. The van der Waals surface area contributed by atoms with Crippen LogP contribution < -0.4 is 4.74 Å². The van der Waals surface area contributed by atoms with Gasteiger partial charge in [0.05, 0.1) is 11.0 Å². The second-order valence-corrected chi connectivity index (χ2v) is 4.46. The van der Waals surface area contributed by atoms with Crippen LogP contribution in [0, 0.1) is 10.1 Å². The van der Waals surface area contributed by atoms with E-state index in [9.17, 15) is 10.1 Å². The third-order valence-corrected chi connectivity index (χ3v) is 2.88. The Bertz CT molecular complexity index is 653. The van der Waals surface area contributed by atoms with Crippen molar-refractivity contribution in [2.75, 3.05) is 0 Å². The summed E-state index contributed by atoms with van der Waals surface area (Å²) in [6, 6.07) is 14.5. The molecule has 122 valence electrons. The zero-order chi connectivity index (χ0) is 17.2. The highest BCUT2D eigenvalue weighted by atomic mass is 16.6. The van der Waals surface area contributed by atoms with Gasteiger partial charge in [0.25, 0.3) is 5.69 Å². The van der Waals surface area contributed by atoms with E-state index in [4.69, 9.17) is 19.7 Å². The summed E-state index contributed by atoms with van der Waals surface area (Å²) in [4.78, 5) is 18.9. The molecule has 0 saturated heterocycles. The summed E-state index contributed by atoms with van der Waals surface area (Å²) in [6.45, 7) is 2.41. The number of non-ortho nitro benzene ring substituents is 1. The average molecular weight is 319 g/mol.